The molecule has 2 atom stereocenters. The maximum Gasteiger partial charge on any atom is 0.248 e. The van der Waals surface area contributed by atoms with Crippen LogP contribution in [-0.2, 0) is 9.59 Å². The summed E-state index contributed by atoms with van der Waals surface area (Å²) in [6.45, 7) is 16.5. The molecule has 3 aliphatic heterocycles. The molecule has 0 aliphatic carbocycles. The van der Waals surface area contributed by atoms with Crippen molar-refractivity contribution in [3.05, 3.63) is 0 Å². The predicted molar refractivity (Wildman–Crippen MR) is 92.8 cm³/mol. The Bertz CT molecular complexity index is 474. The van der Waals surface area contributed by atoms with Crippen LogP contribution in [0.1, 0.15) is 55.4 Å². The number of nitrogens with zero attached hydrogens (tertiary/aromatic N) is 2. The molecule has 0 unspecified atom stereocenters. The summed E-state index contributed by atoms with van der Waals surface area (Å²) in [4.78, 5) is 29.7. The van der Waals surface area contributed by atoms with Crippen molar-refractivity contribution in [1.29, 1.82) is 0 Å². The largest absolute Gasteiger partial charge is 0.313 e. The lowest BCUT2D eigenvalue weighted by molar-refractivity contribution is -0.167. The third-order valence-corrected chi connectivity index (χ3v) is 7.85. The molecule has 124 valence electrons. The molecule has 0 radical (unpaired) electrons. The highest BCUT2D eigenvalue weighted by Crippen LogP contribution is 2.59. The van der Waals surface area contributed by atoms with E-state index in [1.807, 2.05) is 9.80 Å². The van der Waals surface area contributed by atoms with Gasteiger partial charge in [0.1, 0.15) is 12.1 Å². The first-order valence-electron chi connectivity index (χ1n) is 7.79. The molecular weight excluding hydrogens is 316 g/mol. The minimum absolute atomic E-state index is 0.107. The maximum atomic E-state index is 13.3. The Hall–Kier alpha value is -0.360. The van der Waals surface area contributed by atoms with E-state index in [0.717, 1.165) is 0 Å². The second-order valence-electron chi connectivity index (χ2n) is 8.53. The van der Waals surface area contributed by atoms with Gasteiger partial charge in [0.2, 0.25) is 11.8 Å². The van der Waals surface area contributed by atoms with Gasteiger partial charge in [-0.25, -0.2) is 0 Å². The summed E-state index contributed by atoms with van der Waals surface area (Å²) < 4.78 is -0.538. The van der Waals surface area contributed by atoms with Gasteiger partial charge in [0.15, 0.2) is 0 Å². The van der Waals surface area contributed by atoms with Crippen LogP contribution in [0.5, 0.6) is 0 Å². The Balaban J connectivity index is 2.17. The smallest absolute Gasteiger partial charge is 0.248 e. The maximum absolute atomic E-state index is 13.3. The third-order valence-electron chi connectivity index (χ3n) is 4.96. The molecule has 3 fully saturated rings. The third kappa shape index (κ3) is 1.92. The van der Waals surface area contributed by atoms with Crippen LogP contribution in [-0.4, -0.2) is 52.9 Å². The molecule has 0 N–H and O–H groups in total. The van der Waals surface area contributed by atoms with Crippen LogP contribution >= 0.6 is 23.5 Å². The zero-order valence-corrected chi connectivity index (χ0v) is 16.3. The molecular formula is C16H26N2O2S2. The lowest BCUT2D eigenvalue weighted by Gasteiger charge is -2.49. The summed E-state index contributed by atoms with van der Waals surface area (Å²) >= 11 is 3.46. The van der Waals surface area contributed by atoms with E-state index in [4.69, 9.17) is 0 Å². The molecule has 0 aromatic heterocycles. The molecule has 2 amide bonds. The molecule has 3 heterocycles. The molecule has 3 saturated heterocycles. The molecule has 6 heteroatoms. The van der Waals surface area contributed by atoms with Gasteiger partial charge < -0.3 is 9.80 Å². The van der Waals surface area contributed by atoms with Crippen LogP contribution in [0.15, 0.2) is 0 Å². The van der Waals surface area contributed by atoms with Gasteiger partial charge in [-0.2, -0.15) is 0 Å². The summed E-state index contributed by atoms with van der Waals surface area (Å²) in [6.07, 6.45) is 0. The van der Waals surface area contributed by atoms with Crippen molar-refractivity contribution >= 4 is 35.3 Å². The number of fused-ring (bicyclic) bond motifs is 2. The first-order chi connectivity index (χ1) is 9.72. The molecule has 3 rings (SSSR count). The number of rotatable bonds is 0. The highest BCUT2D eigenvalue weighted by Gasteiger charge is 2.69. The summed E-state index contributed by atoms with van der Waals surface area (Å²) in [7, 11) is 0. The monoisotopic (exact) mass is 342 g/mol. The molecule has 0 aromatic rings. The van der Waals surface area contributed by atoms with E-state index in [2.05, 4.69) is 55.4 Å². The number of hydrogen-bond donors (Lipinski definition) is 0. The Morgan fingerprint density at radius 1 is 0.682 bits per heavy atom. The van der Waals surface area contributed by atoms with E-state index >= 15 is 0 Å². The van der Waals surface area contributed by atoms with Gasteiger partial charge in [-0.3, -0.25) is 9.59 Å². The van der Waals surface area contributed by atoms with E-state index in [9.17, 15) is 9.59 Å². The van der Waals surface area contributed by atoms with Gasteiger partial charge in [-0.1, -0.05) is 0 Å². The first-order valence-corrected chi connectivity index (χ1v) is 9.42. The highest BCUT2D eigenvalue weighted by atomic mass is 32.2. The van der Waals surface area contributed by atoms with Crippen molar-refractivity contribution in [3.8, 4) is 0 Å². The van der Waals surface area contributed by atoms with Crippen molar-refractivity contribution in [2.45, 2.75) is 86.7 Å². The standard InChI is InChI=1S/C16H26N2O2S2/c1-13(2)9-11(19)18-10(14(3,4)22-16(18,7)8)12(20)17(9)15(5,6)21-13/h9-10H,1-8H3/t9-,10-/m0/s1. The minimum atomic E-state index is -0.370. The molecule has 0 spiro atoms. The van der Waals surface area contributed by atoms with Crippen molar-refractivity contribution in [1.82, 2.24) is 9.80 Å². The average molecular weight is 343 g/mol. The molecule has 4 nitrogen and oxygen atoms in total. The van der Waals surface area contributed by atoms with Crippen LogP contribution in [0.25, 0.3) is 0 Å². The summed E-state index contributed by atoms with van der Waals surface area (Å²) in [5, 5.41) is 0. The second-order valence-corrected chi connectivity index (χ2v) is 13.0. The summed E-state index contributed by atoms with van der Waals surface area (Å²) in [5.41, 5.74) is 0. The zero-order chi connectivity index (χ0) is 16.9. The van der Waals surface area contributed by atoms with E-state index < -0.39 is 0 Å². The van der Waals surface area contributed by atoms with Gasteiger partial charge in [-0.05, 0) is 55.4 Å². The van der Waals surface area contributed by atoms with Gasteiger partial charge >= 0.3 is 0 Å². The number of piperazine rings is 1. The van der Waals surface area contributed by atoms with Gasteiger partial charge in [0.05, 0.1) is 9.74 Å². The lowest BCUT2D eigenvalue weighted by Crippen LogP contribution is -2.71. The van der Waals surface area contributed by atoms with E-state index in [1.165, 1.54) is 0 Å². The fourth-order valence-corrected chi connectivity index (χ4v) is 8.40. The van der Waals surface area contributed by atoms with Gasteiger partial charge in [0.25, 0.3) is 0 Å². The quantitative estimate of drug-likeness (QED) is 0.679. The predicted octanol–water partition coefficient (Wildman–Crippen LogP) is 2.92. The Labute approximate surface area is 141 Å². The van der Waals surface area contributed by atoms with Crippen molar-refractivity contribution < 1.29 is 9.59 Å². The van der Waals surface area contributed by atoms with Gasteiger partial charge in [0, 0.05) is 9.49 Å². The number of carbonyl (C=O) groups excluding carboxylic acids is 2. The van der Waals surface area contributed by atoms with E-state index in [-0.39, 0.29) is 43.1 Å². The number of carbonyl (C=O) groups is 2. The normalized spacial score (nSPS) is 37.3. The molecule has 0 bridgehead atoms. The lowest BCUT2D eigenvalue weighted by atomic mass is 9.88. The Kier molecular flexibility index (Phi) is 3.13. The minimum Gasteiger partial charge on any atom is -0.313 e. The highest BCUT2D eigenvalue weighted by molar-refractivity contribution is 8.02. The van der Waals surface area contributed by atoms with Crippen molar-refractivity contribution in [2.24, 2.45) is 0 Å². The van der Waals surface area contributed by atoms with Crippen LogP contribution in [0.4, 0.5) is 0 Å². The zero-order valence-electron chi connectivity index (χ0n) is 14.7. The molecule has 3 aliphatic rings. The molecule has 0 saturated carbocycles. The number of amides is 2. The first kappa shape index (κ1) is 16.5. The fourth-order valence-electron chi connectivity index (χ4n) is 4.61. The summed E-state index contributed by atoms with van der Waals surface area (Å²) in [6, 6.07) is -0.741. The average Bonchev–Trinajstić information content (AvgIpc) is 2.57. The van der Waals surface area contributed by atoms with Gasteiger partial charge in [-0.15, -0.1) is 23.5 Å². The number of thioether (sulfide) groups is 2. The van der Waals surface area contributed by atoms with Crippen LogP contribution in [0.3, 0.4) is 0 Å². The van der Waals surface area contributed by atoms with E-state index in [0.29, 0.717) is 0 Å². The van der Waals surface area contributed by atoms with Crippen LogP contribution < -0.4 is 0 Å². The molecule has 22 heavy (non-hydrogen) atoms. The fraction of sp³-hybridized carbons (Fsp3) is 0.875. The number of hydrogen-bond acceptors (Lipinski definition) is 4. The topological polar surface area (TPSA) is 40.6 Å². The Morgan fingerprint density at radius 2 is 0.955 bits per heavy atom. The van der Waals surface area contributed by atoms with Crippen LogP contribution in [0, 0.1) is 0 Å². The van der Waals surface area contributed by atoms with E-state index in [1.54, 1.807) is 23.5 Å². The Morgan fingerprint density at radius 3 is 1.23 bits per heavy atom. The van der Waals surface area contributed by atoms with Crippen LogP contribution in [0.2, 0.25) is 0 Å². The molecule has 0 aromatic carbocycles. The summed E-state index contributed by atoms with van der Waals surface area (Å²) in [5.74, 6) is 0.214. The second kappa shape index (κ2) is 4.18. The SMILES string of the molecule is CC1(C)SC(C)(C)N2C(=O)[C@@H]3N(C(=O)[C@H]21)C(C)(C)SC3(C)C. The van der Waals surface area contributed by atoms with Crippen molar-refractivity contribution in [3.63, 3.8) is 0 Å². The van der Waals surface area contributed by atoms with Crippen molar-refractivity contribution in [2.75, 3.05) is 0 Å².